The van der Waals surface area contributed by atoms with Gasteiger partial charge in [0.2, 0.25) is 5.91 Å². The minimum Gasteiger partial charge on any atom is -0.329 e. The zero-order valence-corrected chi connectivity index (χ0v) is 12.4. The molecule has 6 heteroatoms. The van der Waals surface area contributed by atoms with Crippen molar-refractivity contribution in [2.45, 2.75) is 45.2 Å². The van der Waals surface area contributed by atoms with Crippen LogP contribution in [0, 0.1) is 5.92 Å². The molecule has 1 aromatic heterocycles. The number of amides is 2. The van der Waals surface area contributed by atoms with Gasteiger partial charge < -0.3 is 4.90 Å². The second kappa shape index (κ2) is 5.42. The normalized spacial score (nSPS) is 26.2. The van der Waals surface area contributed by atoms with Gasteiger partial charge in [-0.3, -0.25) is 14.5 Å². The number of anilines is 1. The highest BCUT2D eigenvalue weighted by Crippen LogP contribution is 2.32. The summed E-state index contributed by atoms with van der Waals surface area (Å²) in [6.07, 6.45) is 7.36. The van der Waals surface area contributed by atoms with Crippen LogP contribution in [0.1, 0.15) is 33.1 Å². The Morgan fingerprint density at radius 1 is 1.14 bits per heavy atom. The topological polar surface area (TPSA) is 66.4 Å². The van der Waals surface area contributed by atoms with E-state index in [-0.39, 0.29) is 23.8 Å². The molecule has 0 bridgehead atoms. The lowest BCUT2D eigenvalue weighted by atomic mass is 9.90. The Kier molecular flexibility index (Phi) is 3.61. The lowest BCUT2D eigenvalue weighted by Gasteiger charge is -2.47. The maximum Gasteiger partial charge on any atom is 0.250 e. The smallest absolute Gasteiger partial charge is 0.250 e. The highest BCUT2D eigenvalue weighted by Gasteiger charge is 2.48. The lowest BCUT2D eigenvalue weighted by molar-refractivity contribution is -0.149. The van der Waals surface area contributed by atoms with Gasteiger partial charge in [0.25, 0.3) is 5.91 Å². The third-order valence-corrected chi connectivity index (χ3v) is 4.30. The predicted molar refractivity (Wildman–Crippen MR) is 77.5 cm³/mol. The molecule has 2 fully saturated rings. The minimum absolute atomic E-state index is 0.00259. The number of piperidine rings is 1. The second-order valence-electron chi connectivity index (χ2n) is 6.04. The first-order valence-electron chi connectivity index (χ1n) is 7.50. The highest BCUT2D eigenvalue weighted by molar-refractivity contribution is 6.08. The molecule has 2 saturated heterocycles. The van der Waals surface area contributed by atoms with Crippen molar-refractivity contribution in [3.8, 4) is 0 Å². The van der Waals surface area contributed by atoms with Gasteiger partial charge in [-0.25, -0.2) is 9.97 Å². The number of piperazine rings is 1. The average Bonchev–Trinajstić information content (AvgIpc) is 2.51. The molecule has 21 heavy (non-hydrogen) atoms. The molecule has 1 aromatic rings. The van der Waals surface area contributed by atoms with E-state index in [9.17, 15) is 9.59 Å². The molecule has 0 saturated carbocycles. The maximum atomic E-state index is 12.9. The lowest BCUT2D eigenvalue weighted by Crippen LogP contribution is -2.67. The van der Waals surface area contributed by atoms with Crippen molar-refractivity contribution in [1.82, 2.24) is 14.9 Å². The summed E-state index contributed by atoms with van der Waals surface area (Å²) < 4.78 is 0. The van der Waals surface area contributed by atoms with Gasteiger partial charge in [0, 0.05) is 6.54 Å². The standard InChI is InChI=1S/C15H20N4O2/c1-10(2)13-15(21)18-6-4-3-5-12(18)14(20)19(13)11-7-16-9-17-8-11/h7-10,12-13H,3-6H2,1-2H3. The molecule has 0 radical (unpaired) electrons. The molecule has 0 N–H and O–H groups in total. The van der Waals surface area contributed by atoms with Crippen LogP contribution in [0.15, 0.2) is 18.7 Å². The molecule has 112 valence electrons. The van der Waals surface area contributed by atoms with Crippen molar-refractivity contribution >= 4 is 17.5 Å². The van der Waals surface area contributed by atoms with Gasteiger partial charge >= 0.3 is 0 Å². The highest BCUT2D eigenvalue weighted by atomic mass is 16.2. The summed E-state index contributed by atoms with van der Waals surface area (Å²) >= 11 is 0. The van der Waals surface area contributed by atoms with Gasteiger partial charge in [-0.05, 0) is 25.2 Å². The van der Waals surface area contributed by atoms with Crippen molar-refractivity contribution in [3.05, 3.63) is 18.7 Å². The maximum absolute atomic E-state index is 12.9. The van der Waals surface area contributed by atoms with Crippen molar-refractivity contribution in [1.29, 1.82) is 0 Å². The Balaban J connectivity index is 2.03. The van der Waals surface area contributed by atoms with Crippen LogP contribution in [0.5, 0.6) is 0 Å². The molecule has 6 nitrogen and oxygen atoms in total. The van der Waals surface area contributed by atoms with E-state index in [1.165, 1.54) is 6.33 Å². The summed E-state index contributed by atoms with van der Waals surface area (Å²) in [6, 6.07) is -0.778. The summed E-state index contributed by atoms with van der Waals surface area (Å²) in [5.74, 6) is 0.102. The Bertz CT molecular complexity index is 546. The summed E-state index contributed by atoms with van der Waals surface area (Å²) in [7, 11) is 0. The van der Waals surface area contributed by atoms with E-state index in [2.05, 4.69) is 9.97 Å². The Morgan fingerprint density at radius 3 is 2.52 bits per heavy atom. The van der Waals surface area contributed by atoms with E-state index in [0.29, 0.717) is 12.2 Å². The van der Waals surface area contributed by atoms with Gasteiger partial charge in [0.1, 0.15) is 18.4 Å². The van der Waals surface area contributed by atoms with E-state index in [0.717, 1.165) is 19.3 Å². The number of rotatable bonds is 2. The Hall–Kier alpha value is -1.98. The van der Waals surface area contributed by atoms with Crippen LogP contribution in [0.4, 0.5) is 5.69 Å². The molecule has 0 spiro atoms. The molecule has 3 rings (SSSR count). The number of aromatic nitrogens is 2. The molecule has 2 aliphatic heterocycles. The number of nitrogens with zero attached hydrogens (tertiary/aromatic N) is 4. The summed E-state index contributed by atoms with van der Waals surface area (Å²) in [6.45, 7) is 4.63. The molecular weight excluding hydrogens is 268 g/mol. The van der Waals surface area contributed by atoms with E-state index >= 15 is 0 Å². The van der Waals surface area contributed by atoms with E-state index in [1.807, 2.05) is 13.8 Å². The van der Waals surface area contributed by atoms with Crippen molar-refractivity contribution in [3.63, 3.8) is 0 Å². The first-order chi connectivity index (χ1) is 10.1. The van der Waals surface area contributed by atoms with Crippen LogP contribution < -0.4 is 4.90 Å². The largest absolute Gasteiger partial charge is 0.329 e. The molecule has 3 heterocycles. The first-order valence-corrected chi connectivity index (χ1v) is 7.50. The average molecular weight is 288 g/mol. The molecule has 2 atom stereocenters. The fourth-order valence-electron chi connectivity index (χ4n) is 3.32. The van der Waals surface area contributed by atoms with Gasteiger partial charge in [0.05, 0.1) is 18.1 Å². The van der Waals surface area contributed by atoms with Crippen molar-refractivity contribution in [2.75, 3.05) is 11.4 Å². The van der Waals surface area contributed by atoms with Crippen LogP contribution in [-0.2, 0) is 9.59 Å². The summed E-state index contributed by atoms with van der Waals surface area (Å²) in [5.41, 5.74) is 0.611. The number of hydrogen-bond acceptors (Lipinski definition) is 4. The SMILES string of the molecule is CC(C)C1C(=O)N2CCCCC2C(=O)N1c1cncnc1. The van der Waals surface area contributed by atoms with Gasteiger partial charge in [-0.2, -0.15) is 0 Å². The number of carbonyl (C=O) groups is 2. The van der Waals surface area contributed by atoms with Crippen molar-refractivity contribution < 1.29 is 9.59 Å². The first kappa shape index (κ1) is 14.0. The monoisotopic (exact) mass is 288 g/mol. The third-order valence-electron chi connectivity index (χ3n) is 4.30. The van der Waals surface area contributed by atoms with E-state index in [4.69, 9.17) is 0 Å². The third kappa shape index (κ3) is 2.28. The summed E-state index contributed by atoms with van der Waals surface area (Å²) in [4.78, 5) is 37.1. The molecule has 2 amide bonds. The van der Waals surface area contributed by atoms with Crippen molar-refractivity contribution in [2.24, 2.45) is 5.92 Å². The quantitative estimate of drug-likeness (QED) is 0.821. The van der Waals surface area contributed by atoms with Gasteiger partial charge in [-0.1, -0.05) is 13.8 Å². The van der Waals surface area contributed by atoms with E-state index in [1.54, 1.807) is 22.2 Å². The number of fused-ring (bicyclic) bond motifs is 1. The van der Waals surface area contributed by atoms with Crippen LogP contribution >= 0.6 is 0 Å². The molecule has 2 aliphatic rings. The summed E-state index contributed by atoms with van der Waals surface area (Å²) in [5, 5.41) is 0. The van der Waals surface area contributed by atoms with Gasteiger partial charge in [-0.15, -0.1) is 0 Å². The fourth-order valence-corrected chi connectivity index (χ4v) is 3.32. The van der Waals surface area contributed by atoms with Gasteiger partial charge in [0.15, 0.2) is 0 Å². The van der Waals surface area contributed by atoms with Crippen LogP contribution in [0.25, 0.3) is 0 Å². The Morgan fingerprint density at radius 2 is 1.86 bits per heavy atom. The predicted octanol–water partition coefficient (Wildman–Crippen LogP) is 1.23. The molecule has 0 aromatic carbocycles. The molecular formula is C15H20N4O2. The molecule has 0 aliphatic carbocycles. The minimum atomic E-state index is -0.460. The second-order valence-corrected chi connectivity index (χ2v) is 6.04. The fraction of sp³-hybridized carbons (Fsp3) is 0.600. The number of carbonyl (C=O) groups excluding carboxylic acids is 2. The van der Waals surface area contributed by atoms with Crippen LogP contribution in [0.2, 0.25) is 0 Å². The van der Waals surface area contributed by atoms with Crippen LogP contribution in [-0.4, -0.2) is 45.3 Å². The zero-order chi connectivity index (χ0) is 15.0. The zero-order valence-electron chi connectivity index (χ0n) is 12.4. The van der Waals surface area contributed by atoms with E-state index < -0.39 is 6.04 Å². The Labute approximate surface area is 124 Å². The number of hydrogen-bond donors (Lipinski definition) is 0. The molecule has 2 unspecified atom stereocenters. The van der Waals surface area contributed by atoms with Crippen LogP contribution in [0.3, 0.4) is 0 Å².